The molecule has 0 aromatic heterocycles. The fourth-order valence-electron chi connectivity index (χ4n) is 8.49. The molecule has 0 radical (unpaired) electrons. The van der Waals surface area contributed by atoms with Crippen molar-refractivity contribution >= 4 is 54.2 Å². The first kappa shape index (κ1) is 26.5. The highest BCUT2D eigenvalue weighted by molar-refractivity contribution is 6.17. The van der Waals surface area contributed by atoms with Crippen LogP contribution in [0.5, 0.6) is 5.75 Å². The number of fused-ring (bicyclic) bond motifs is 7. The van der Waals surface area contributed by atoms with E-state index in [0.717, 1.165) is 24.4 Å². The van der Waals surface area contributed by atoms with E-state index >= 15 is 0 Å². The van der Waals surface area contributed by atoms with E-state index in [0.29, 0.717) is 0 Å². The van der Waals surface area contributed by atoms with Crippen molar-refractivity contribution in [2.75, 3.05) is 0 Å². The molecule has 47 heavy (non-hydrogen) atoms. The van der Waals surface area contributed by atoms with Crippen molar-refractivity contribution < 1.29 is 4.74 Å². The van der Waals surface area contributed by atoms with Gasteiger partial charge in [-0.25, -0.2) is 0 Å². The van der Waals surface area contributed by atoms with Crippen LogP contribution < -0.4 is 4.74 Å². The van der Waals surface area contributed by atoms with Gasteiger partial charge < -0.3 is 4.74 Å². The van der Waals surface area contributed by atoms with E-state index in [4.69, 9.17) is 4.74 Å². The summed E-state index contributed by atoms with van der Waals surface area (Å²) in [5, 5.41) is 10.4. The van der Waals surface area contributed by atoms with E-state index in [1.807, 2.05) is 0 Å². The van der Waals surface area contributed by atoms with Crippen LogP contribution in [0.4, 0.5) is 0 Å². The minimum Gasteiger partial charge on any atom is -0.461 e. The standard InChI is InChI=1S/C46H32O/c1-2-14-31-28-44-42(26-30(31)13-1)41-27-32(24-25-43(41)47-44)45-37-19-7-9-21-39(37)46(40-22-10-8-20-38(40)45)36-18-6-5-17-35(36)34-23-11-15-29-12-3-4-16-33(29)34/h1-16,18-26,28,35,41H,17,27H2. The average molecular weight is 601 g/mol. The molecule has 0 spiro atoms. The largest absolute Gasteiger partial charge is 0.461 e. The molecule has 1 aliphatic heterocycles. The SMILES string of the molecule is C1=CCC(c2cccc3ccccc23)C(c2c3ccccc3c(C3=CC=C4Oc5cc6ccccc6cc5C4C3)c3ccccc23)=C1. The molecule has 0 bridgehead atoms. The third-order valence-corrected chi connectivity index (χ3v) is 10.6. The van der Waals surface area contributed by atoms with E-state index in [1.54, 1.807) is 0 Å². The summed E-state index contributed by atoms with van der Waals surface area (Å²) in [7, 11) is 0. The van der Waals surface area contributed by atoms with Gasteiger partial charge in [0.1, 0.15) is 11.5 Å². The number of benzene rings is 7. The number of allylic oxidation sites excluding steroid dienone is 8. The zero-order valence-corrected chi connectivity index (χ0v) is 26.0. The lowest BCUT2D eigenvalue weighted by atomic mass is 9.75. The molecule has 222 valence electrons. The summed E-state index contributed by atoms with van der Waals surface area (Å²) in [6.07, 6.45) is 13.4. The molecule has 10 rings (SSSR count). The van der Waals surface area contributed by atoms with Gasteiger partial charge in [-0.3, -0.25) is 0 Å². The van der Waals surface area contributed by atoms with E-state index in [-0.39, 0.29) is 11.8 Å². The molecule has 0 saturated carbocycles. The van der Waals surface area contributed by atoms with Crippen LogP contribution >= 0.6 is 0 Å². The number of hydrogen-bond acceptors (Lipinski definition) is 1. The molecule has 0 fully saturated rings. The van der Waals surface area contributed by atoms with E-state index in [1.165, 1.54) is 76.5 Å². The number of ether oxygens (including phenoxy) is 1. The molecule has 7 aromatic carbocycles. The fraction of sp³-hybridized carbons (Fsp3) is 0.0870. The Balaban J connectivity index is 1.16. The van der Waals surface area contributed by atoms with Crippen LogP contribution in [0.15, 0.2) is 164 Å². The maximum atomic E-state index is 6.46. The molecule has 0 N–H and O–H groups in total. The Bertz CT molecular complexity index is 2500. The van der Waals surface area contributed by atoms with Gasteiger partial charge in [0.25, 0.3) is 0 Å². The van der Waals surface area contributed by atoms with Crippen LogP contribution in [0.2, 0.25) is 0 Å². The van der Waals surface area contributed by atoms with Crippen molar-refractivity contribution in [3.05, 3.63) is 186 Å². The Hall–Kier alpha value is -5.66. The minimum atomic E-state index is 0.216. The van der Waals surface area contributed by atoms with E-state index in [9.17, 15) is 0 Å². The zero-order chi connectivity index (χ0) is 30.9. The first-order valence-electron chi connectivity index (χ1n) is 16.7. The van der Waals surface area contributed by atoms with Crippen molar-refractivity contribution in [2.24, 2.45) is 0 Å². The van der Waals surface area contributed by atoms with Crippen molar-refractivity contribution in [1.29, 1.82) is 0 Å². The summed E-state index contributed by atoms with van der Waals surface area (Å²) < 4.78 is 6.46. The molecular weight excluding hydrogens is 569 g/mol. The smallest absolute Gasteiger partial charge is 0.131 e. The Kier molecular flexibility index (Phi) is 5.90. The van der Waals surface area contributed by atoms with E-state index < -0.39 is 0 Å². The van der Waals surface area contributed by atoms with Crippen molar-refractivity contribution in [2.45, 2.75) is 24.7 Å². The predicted octanol–water partition coefficient (Wildman–Crippen LogP) is 12.3. The molecule has 7 aromatic rings. The molecule has 2 atom stereocenters. The molecule has 1 nitrogen and oxygen atoms in total. The summed E-state index contributed by atoms with van der Waals surface area (Å²) in [6, 6.07) is 46.9. The van der Waals surface area contributed by atoms with Crippen LogP contribution in [-0.2, 0) is 0 Å². The summed E-state index contributed by atoms with van der Waals surface area (Å²) in [5.74, 6) is 2.54. The van der Waals surface area contributed by atoms with Gasteiger partial charge in [-0.15, -0.1) is 0 Å². The van der Waals surface area contributed by atoms with Crippen LogP contribution in [-0.4, -0.2) is 0 Å². The van der Waals surface area contributed by atoms with Crippen molar-refractivity contribution in [3.8, 4) is 5.75 Å². The van der Waals surface area contributed by atoms with Crippen LogP contribution in [0.3, 0.4) is 0 Å². The molecular formula is C46H32O. The summed E-state index contributed by atoms with van der Waals surface area (Å²) in [4.78, 5) is 0. The normalized spacial score (nSPS) is 18.5. The van der Waals surface area contributed by atoms with Gasteiger partial charge >= 0.3 is 0 Å². The molecule has 2 unspecified atom stereocenters. The highest BCUT2D eigenvalue weighted by atomic mass is 16.5. The second-order valence-corrected chi connectivity index (χ2v) is 13.1. The first-order valence-corrected chi connectivity index (χ1v) is 16.7. The maximum Gasteiger partial charge on any atom is 0.131 e. The molecule has 3 aliphatic rings. The lowest BCUT2D eigenvalue weighted by molar-refractivity contribution is 0.427. The summed E-state index contributed by atoms with van der Waals surface area (Å²) in [5.41, 5.74) is 8.16. The van der Waals surface area contributed by atoms with Gasteiger partial charge in [0.15, 0.2) is 0 Å². The topological polar surface area (TPSA) is 9.23 Å². The van der Waals surface area contributed by atoms with Crippen LogP contribution in [0.25, 0.3) is 54.2 Å². The zero-order valence-electron chi connectivity index (χ0n) is 26.0. The Labute approximate surface area is 274 Å². The van der Waals surface area contributed by atoms with Crippen molar-refractivity contribution in [3.63, 3.8) is 0 Å². The monoisotopic (exact) mass is 600 g/mol. The van der Waals surface area contributed by atoms with Gasteiger partial charge in [-0.2, -0.15) is 0 Å². The predicted molar refractivity (Wildman–Crippen MR) is 198 cm³/mol. The molecule has 2 aliphatic carbocycles. The lowest BCUT2D eigenvalue weighted by Gasteiger charge is -2.28. The van der Waals surface area contributed by atoms with Crippen molar-refractivity contribution in [1.82, 2.24) is 0 Å². The second kappa shape index (κ2) is 10.4. The van der Waals surface area contributed by atoms with Gasteiger partial charge in [-0.1, -0.05) is 140 Å². The summed E-state index contributed by atoms with van der Waals surface area (Å²) in [6.45, 7) is 0. The number of rotatable bonds is 3. The highest BCUT2D eigenvalue weighted by Gasteiger charge is 2.34. The Morgan fingerprint density at radius 3 is 1.85 bits per heavy atom. The lowest BCUT2D eigenvalue weighted by Crippen LogP contribution is -2.08. The highest BCUT2D eigenvalue weighted by Crippen LogP contribution is 2.52. The molecule has 0 amide bonds. The molecule has 1 heterocycles. The van der Waals surface area contributed by atoms with Crippen LogP contribution in [0, 0.1) is 0 Å². The van der Waals surface area contributed by atoms with Gasteiger partial charge in [0.05, 0.1) is 0 Å². The van der Waals surface area contributed by atoms with Gasteiger partial charge in [0, 0.05) is 17.4 Å². The number of hydrogen-bond donors (Lipinski definition) is 0. The third kappa shape index (κ3) is 4.09. The first-order chi connectivity index (χ1) is 23.3. The average Bonchev–Trinajstić information content (AvgIpc) is 3.49. The fourth-order valence-corrected chi connectivity index (χ4v) is 8.49. The minimum absolute atomic E-state index is 0.216. The Morgan fingerprint density at radius 2 is 1.11 bits per heavy atom. The second-order valence-electron chi connectivity index (χ2n) is 13.1. The summed E-state index contributed by atoms with van der Waals surface area (Å²) >= 11 is 0. The molecule has 0 saturated heterocycles. The quantitative estimate of drug-likeness (QED) is 0.183. The molecule has 1 heteroatoms. The third-order valence-electron chi connectivity index (χ3n) is 10.6. The van der Waals surface area contributed by atoms with Crippen LogP contribution in [0.1, 0.15) is 46.9 Å². The van der Waals surface area contributed by atoms with E-state index in [2.05, 4.69) is 158 Å². The van der Waals surface area contributed by atoms with Gasteiger partial charge in [-0.05, 0) is 102 Å². The van der Waals surface area contributed by atoms with Gasteiger partial charge in [0.2, 0.25) is 0 Å². The Morgan fingerprint density at radius 1 is 0.489 bits per heavy atom. The maximum absolute atomic E-state index is 6.46.